The number of piperazine rings is 2. The topological polar surface area (TPSA) is 156 Å². The van der Waals surface area contributed by atoms with Crippen molar-refractivity contribution >= 4 is 79.6 Å². The fraction of sp³-hybridized carbons (Fsp3) is 0.510. The highest BCUT2D eigenvalue weighted by molar-refractivity contribution is 14.1. The first-order valence-corrected chi connectivity index (χ1v) is 25.1. The lowest BCUT2D eigenvalue weighted by Gasteiger charge is -2.37. The number of fused-ring (bicyclic) bond motifs is 2. The van der Waals surface area contributed by atoms with Crippen LogP contribution >= 0.6 is 22.9 Å². The van der Waals surface area contributed by atoms with Gasteiger partial charge in [-0.1, -0.05) is 6.92 Å². The quantitative estimate of drug-likeness (QED) is 0.0558. The van der Waals surface area contributed by atoms with Gasteiger partial charge in [0.25, 0.3) is 0 Å². The Labute approximate surface area is 406 Å². The van der Waals surface area contributed by atoms with Crippen molar-refractivity contribution in [3.8, 4) is 11.5 Å². The lowest BCUT2D eigenvalue weighted by molar-refractivity contribution is 0.0978. The molecule has 0 aliphatic carbocycles. The fourth-order valence-corrected chi connectivity index (χ4v) is 10.0. The van der Waals surface area contributed by atoms with Gasteiger partial charge in [-0.3, -0.25) is 4.90 Å². The fourth-order valence-electron chi connectivity index (χ4n) is 9.58. The van der Waals surface area contributed by atoms with Gasteiger partial charge in [-0.2, -0.15) is 9.97 Å². The van der Waals surface area contributed by atoms with Crippen molar-refractivity contribution in [3.63, 3.8) is 0 Å². The summed E-state index contributed by atoms with van der Waals surface area (Å²) < 4.78 is 31.3. The molecule has 3 unspecified atom stereocenters. The minimum atomic E-state index is -0.0638. The third-order valence-corrected chi connectivity index (χ3v) is 14.3. The van der Waals surface area contributed by atoms with Crippen LogP contribution in [0.25, 0.3) is 22.1 Å². The second-order valence-corrected chi connectivity index (χ2v) is 19.6. The highest BCUT2D eigenvalue weighted by Gasteiger charge is 2.24. The van der Waals surface area contributed by atoms with Crippen LogP contribution in [0.5, 0.6) is 11.5 Å². The number of ether oxygens (including phenoxy) is 4. The van der Waals surface area contributed by atoms with E-state index >= 15 is 0 Å². The molecule has 4 aromatic heterocycles. The van der Waals surface area contributed by atoms with Crippen molar-refractivity contribution < 1.29 is 24.1 Å². The third-order valence-electron chi connectivity index (χ3n) is 13.4. The van der Waals surface area contributed by atoms with Gasteiger partial charge in [0.1, 0.15) is 29.4 Å². The number of hydrogen-bond donors (Lipinski definition) is 3. The summed E-state index contributed by atoms with van der Waals surface area (Å²) in [4.78, 5) is 26.4. The van der Waals surface area contributed by atoms with Crippen LogP contribution in [0.3, 0.4) is 0 Å². The molecule has 0 saturated carbocycles. The summed E-state index contributed by atoms with van der Waals surface area (Å²) in [6, 6.07) is 16.6. The maximum absolute atomic E-state index is 9.68. The predicted octanol–water partition coefficient (Wildman–Crippen LogP) is 7.09. The van der Waals surface area contributed by atoms with Gasteiger partial charge in [-0.25, -0.2) is 13.1 Å². The Kier molecular flexibility index (Phi) is 14.7. The van der Waals surface area contributed by atoms with Gasteiger partial charge in [0.05, 0.1) is 49.9 Å². The van der Waals surface area contributed by atoms with Crippen molar-refractivity contribution in [1.82, 2.24) is 37.1 Å². The lowest BCUT2D eigenvalue weighted by Crippen LogP contribution is -2.47. The molecular weight excluding hydrogens is 964 g/mol. The summed E-state index contributed by atoms with van der Waals surface area (Å²) in [5.74, 6) is 3.04. The minimum absolute atomic E-state index is 0.0638. The molecule has 18 heteroatoms. The van der Waals surface area contributed by atoms with Crippen molar-refractivity contribution in [3.05, 3.63) is 73.3 Å². The maximum Gasteiger partial charge on any atom is 0.229 e. The standard InChI is InChI=1S/C49H63IN12O5/c1-35(34-67-45-29-39(7-9-43(45)59-20-22-62(50)23-21-59)54-49-52-31-37-12-15-61(47(37)56-49)33-41-5-3-26-65-41)10-13-57-16-18-58(19-17-57)42-8-6-38(28-44(42)66-27-24-63)53-48-51-30-36-11-14-60(46(36)55-48)32-40-4-2-25-64-40/h6-9,11-12,14-15,28-31,35,40-41,63H,2-5,10,13,16-27,32-34H2,1H3,(H,51,53,55)(H,52,54,56). The largest absolute Gasteiger partial charge is 0.491 e. The second kappa shape index (κ2) is 21.5. The molecule has 0 radical (unpaired) electrons. The third kappa shape index (κ3) is 11.3. The summed E-state index contributed by atoms with van der Waals surface area (Å²) in [7, 11) is 0. The zero-order valence-corrected chi connectivity index (χ0v) is 40.6. The van der Waals surface area contributed by atoms with E-state index in [9.17, 15) is 5.11 Å². The Hall–Kier alpha value is -4.99. The zero-order chi connectivity index (χ0) is 45.5. The van der Waals surface area contributed by atoms with E-state index < -0.39 is 0 Å². The van der Waals surface area contributed by atoms with Crippen molar-refractivity contribution in [2.45, 2.75) is 64.3 Å². The van der Waals surface area contributed by atoms with E-state index in [0.29, 0.717) is 24.4 Å². The average Bonchev–Trinajstić information content (AvgIpc) is 4.21. The first kappa shape index (κ1) is 45.8. The Morgan fingerprint density at radius 2 is 1.25 bits per heavy atom. The van der Waals surface area contributed by atoms with Gasteiger partial charge in [0.15, 0.2) is 0 Å². The van der Waals surface area contributed by atoms with E-state index in [0.717, 1.165) is 174 Å². The van der Waals surface area contributed by atoms with Crippen LogP contribution in [0.1, 0.15) is 39.0 Å². The Balaban J connectivity index is 0.742. The summed E-state index contributed by atoms with van der Waals surface area (Å²) in [5, 5.41) is 18.6. The van der Waals surface area contributed by atoms with E-state index in [-0.39, 0.29) is 25.4 Å². The smallest absolute Gasteiger partial charge is 0.229 e. The van der Waals surface area contributed by atoms with E-state index in [4.69, 9.17) is 28.9 Å². The molecule has 0 amide bonds. The van der Waals surface area contributed by atoms with Crippen molar-refractivity contribution in [2.24, 2.45) is 5.92 Å². The number of aromatic nitrogens is 6. The summed E-state index contributed by atoms with van der Waals surface area (Å²) in [5.41, 5.74) is 5.65. The van der Waals surface area contributed by atoms with Crippen LogP contribution in [-0.2, 0) is 22.6 Å². The number of rotatable bonds is 19. The number of aliphatic hydroxyl groups excluding tert-OH is 1. The molecule has 4 aliphatic rings. The maximum atomic E-state index is 9.68. The zero-order valence-electron chi connectivity index (χ0n) is 38.4. The molecule has 0 spiro atoms. The summed E-state index contributed by atoms with van der Waals surface area (Å²) in [6.45, 7) is 14.8. The second-order valence-electron chi connectivity index (χ2n) is 18.3. The summed E-state index contributed by atoms with van der Waals surface area (Å²) in [6.07, 6.45) is 13.7. The van der Waals surface area contributed by atoms with E-state index in [1.165, 1.54) is 0 Å². The van der Waals surface area contributed by atoms with Gasteiger partial charge in [0, 0.05) is 148 Å². The molecule has 4 fully saturated rings. The Morgan fingerprint density at radius 1 is 0.716 bits per heavy atom. The van der Waals surface area contributed by atoms with Crippen LogP contribution in [-0.4, -0.2) is 146 Å². The van der Waals surface area contributed by atoms with Crippen molar-refractivity contribution in [1.29, 1.82) is 0 Å². The highest BCUT2D eigenvalue weighted by atomic mass is 127. The molecule has 356 valence electrons. The normalized spacial score (nSPS) is 20.0. The number of benzene rings is 2. The number of hydrogen-bond acceptors (Lipinski definition) is 15. The molecule has 6 aromatic rings. The molecule has 4 saturated heterocycles. The van der Waals surface area contributed by atoms with E-state index in [2.05, 4.69) is 120 Å². The van der Waals surface area contributed by atoms with E-state index in [1.54, 1.807) is 0 Å². The molecule has 10 rings (SSSR count). The van der Waals surface area contributed by atoms with Crippen LogP contribution < -0.4 is 29.9 Å². The Morgan fingerprint density at radius 3 is 1.78 bits per heavy atom. The van der Waals surface area contributed by atoms with Gasteiger partial charge < -0.3 is 53.6 Å². The van der Waals surface area contributed by atoms with Crippen LogP contribution in [0.15, 0.2) is 73.3 Å². The van der Waals surface area contributed by atoms with Gasteiger partial charge in [0.2, 0.25) is 11.9 Å². The first-order valence-electron chi connectivity index (χ1n) is 24.1. The summed E-state index contributed by atoms with van der Waals surface area (Å²) >= 11 is 2.42. The molecule has 3 atom stereocenters. The highest BCUT2D eigenvalue weighted by Crippen LogP contribution is 2.36. The van der Waals surface area contributed by atoms with Gasteiger partial charge in [-0.05, 0) is 81.0 Å². The van der Waals surface area contributed by atoms with Crippen molar-refractivity contribution in [2.75, 3.05) is 112 Å². The van der Waals surface area contributed by atoms with Gasteiger partial charge >= 0.3 is 0 Å². The number of halogens is 1. The molecule has 67 heavy (non-hydrogen) atoms. The molecular formula is C49H63IN12O5. The SMILES string of the molecule is CC(CCN1CCN(c2ccc(Nc3ncc4ccn(CC5CCCO5)c4n3)cc2OCCO)CC1)COc1cc(Nc2ncc3ccn(CC4CCCO4)c3n2)ccc1N1CCN(I)CC1. The molecule has 2 aromatic carbocycles. The molecule has 4 aliphatic heterocycles. The number of aliphatic hydroxyl groups is 1. The van der Waals surface area contributed by atoms with Crippen LogP contribution in [0.2, 0.25) is 0 Å². The predicted molar refractivity (Wildman–Crippen MR) is 271 cm³/mol. The van der Waals surface area contributed by atoms with Crippen LogP contribution in [0, 0.1) is 5.92 Å². The molecule has 8 heterocycles. The first-order chi connectivity index (χ1) is 32.9. The Bertz CT molecular complexity index is 2560. The number of nitrogens with one attached hydrogen (secondary N) is 2. The molecule has 17 nitrogen and oxygen atoms in total. The lowest BCUT2D eigenvalue weighted by atomic mass is 10.1. The minimum Gasteiger partial charge on any atom is -0.491 e. The average molecular weight is 1030 g/mol. The number of nitrogens with zero attached hydrogens (tertiary/aromatic N) is 10. The van der Waals surface area contributed by atoms with Gasteiger partial charge in [-0.15, -0.1) is 0 Å². The number of anilines is 6. The monoisotopic (exact) mass is 1030 g/mol. The van der Waals surface area contributed by atoms with E-state index in [1.807, 2.05) is 30.6 Å². The molecule has 0 bridgehead atoms. The van der Waals surface area contributed by atoms with Crippen LogP contribution in [0.4, 0.5) is 34.6 Å². The molecule has 3 N–H and O–H groups in total.